The summed E-state index contributed by atoms with van der Waals surface area (Å²) in [7, 11) is 1.56. The highest BCUT2D eigenvalue weighted by Crippen LogP contribution is 2.45. The maximum atomic E-state index is 13.4. The summed E-state index contributed by atoms with van der Waals surface area (Å²) in [6.45, 7) is 1.98. The first kappa shape index (κ1) is 26.3. The third-order valence-electron chi connectivity index (χ3n) is 7.84. The summed E-state index contributed by atoms with van der Waals surface area (Å²) in [6, 6.07) is 18.5. The highest BCUT2D eigenvalue weighted by Gasteiger charge is 2.47. The lowest BCUT2D eigenvalue weighted by atomic mass is 10.0. The lowest BCUT2D eigenvalue weighted by molar-refractivity contribution is 0.0922. The van der Waals surface area contributed by atoms with Gasteiger partial charge in [0.05, 0.1) is 28.5 Å². The number of pyridine rings is 2. The molecule has 2 amide bonds. The molecule has 2 aromatic carbocycles. The van der Waals surface area contributed by atoms with Crippen LogP contribution in [0.2, 0.25) is 0 Å². The first-order valence-corrected chi connectivity index (χ1v) is 13.8. The number of nitrogens with zero attached hydrogens (tertiary/aromatic N) is 4. The van der Waals surface area contributed by atoms with Crippen molar-refractivity contribution in [2.24, 2.45) is 0 Å². The molecular formula is C33H26N6O4. The van der Waals surface area contributed by atoms with Gasteiger partial charge in [0.15, 0.2) is 0 Å². The first-order valence-electron chi connectivity index (χ1n) is 13.8. The van der Waals surface area contributed by atoms with E-state index < -0.39 is 17.0 Å². The van der Waals surface area contributed by atoms with Crippen molar-refractivity contribution in [1.29, 1.82) is 0 Å². The molecule has 6 aromatic rings. The number of furan rings is 1. The standard InChI is InChI=1S/C33H26N6O4/c1-19-3-5-20(6-4-19)30-29(32(42)34-2)23-15-22(8-9-26(23)43-30)39-18-25(36-17-28(39)40)31(41)38-33(12-13-33)27-10-7-21-16-35-14-11-24(21)37-27/h3-11,14-18H,12-13H2,1-2H3,(H,34,42)(H,38,41). The molecule has 10 heteroatoms. The predicted molar refractivity (Wildman–Crippen MR) is 161 cm³/mol. The van der Waals surface area contributed by atoms with Crippen molar-refractivity contribution in [3.63, 3.8) is 0 Å². The number of carbonyl (C=O) groups is 2. The molecule has 0 bridgehead atoms. The Morgan fingerprint density at radius 2 is 1.79 bits per heavy atom. The monoisotopic (exact) mass is 570 g/mol. The number of aryl methyl sites for hydroxylation is 1. The van der Waals surface area contributed by atoms with Gasteiger partial charge >= 0.3 is 0 Å². The molecule has 0 radical (unpaired) electrons. The van der Waals surface area contributed by atoms with Crippen LogP contribution in [0.15, 0.2) is 94.7 Å². The van der Waals surface area contributed by atoms with Crippen molar-refractivity contribution in [2.75, 3.05) is 7.05 Å². The number of benzene rings is 2. The molecule has 0 aliphatic heterocycles. The van der Waals surface area contributed by atoms with Crippen LogP contribution in [0, 0.1) is 6.92 Å². The van der Waals surface area contributed by atoms with E-state index in [4.69, 9.17) is 9.40 Å². The number of aromatic nitrogens is 4. The third kappa shape index (κ3) is 4.62. The number of amides is 2. The highest BCUT2D eigenvalue weighted by atomic mass is 16.3. The van der Waals surface area contributed by atoms with Crippen molar-refractivity contribution in [3.05, 3.63) is 118 Å². The normalized spacial score (nSPS) is 13.6. The van der Waals surface area contributed by atoms with E-state index in [9.17, 15) is 14.4 Å². The van der Waals surface area contributed by atoms with E-state index in [1.807, 2.05) is 49.4 Å². The number of hydrogen-bond acceptors (Lipinski definition) is 7. The van der Waals surface area contributed by atoms with Gasteiger partial charge in [0.1, 0.15) is 17.0 Å². The first-order chi connectivity index (χ1) is 20.8. The van der Waals surface area contributed by atoms with Crippen LogP contribution in [-0.4, -0.2) is 38.4 Å². The van der Waals surface area contributed by atoms with E-state index in [1.54, 1.807) is 37.6 Å². The van der Waals surface area contributed by atoms with Crippen LogP contribution in [0.5, 0.6) is 0 Å². The van der Waals surface area contributed by atoms with Gasteiger partial charge in [-0.3, -0.25) is 28.9 Å². The Morgan fingerprint density at radius 3 is 2.56 bits per heavy atom. The fourth-order valence-corrected chi connectivity index (χ4v) is 5.30. The summed E-state index contributed by atoms with van der Waals surface area (Å²) >= 11 is 0. The minimum absolute atomic E-state index is 0.0787. The molecule has 2 N–H and O–H groups in total. The van der Waals surface area contributed by atoms with Crippen molar-refractivity contribution in [3.8, 4) is 17.0 Å². The van der Waals surface area contributed by atoms with Crippen LogP contribution in [-0.2, 0) is 5.54 Å². The Morgan fingerprint density at radius 1 is 0.977 bits per heavy atom. The number of carbonyl (C=O) groups excluding carboxylic acids is 2. The number of rotatable bonds is 6. The molecule has 7 rings (SSSR count). The van der Waals surface area contributed by atoms with Crippen LogP contribution in [0.3, 0.4) is 0 Å². The van der Waals surface area contributed by atoms with E-state index in [0.717, 1.165) is 46.8 Å². The highest BCUT2D eigenvalue weighted by molar-refractivity contribution is 6.11. The zero-order valence-corrected chi connectivity index (χ0v) is 23.4. The smallest absolute Gasteiger partial charge is 0.273 e. The second-order valence-corrected chi connectivity index (χ2v) is 10.7. The fourth-order valence-electron chi connectivity index (χ4n) is 5.30. The van der Waals surface area contributed by atoms with E-state index in [1.165, 1.54) is 10.8 Å². The Hall–Kier alpha value is -5.64. The number of nitrogens with one attached hydrogen (secondary N) is 2. The second kappa shape index (κ2) is 10.0. The van der Waals surface area contributed by atoms with Crippen LogP contribution in [0.1, 0.15) is 44.9 Å². The molecular weight excluding hydrogens is 544 g/mol. The Labute approximate surface area is 245 Å². The number of fused-ring (bicyclic) bond motifs is 2. The lowest BCUT2D eigenvalue weighted by Crippen LogP contribution is -2.36. The van der Waals surface area contributed by atoms with Crippen molar-refractivity contribution < 1.29 is 14.0 Å². The molecule has 4 heterocycles. The molecule has 212 valence electrons. The average molecular weight is 571 g/mol. The summed E-state index contributed by atoms with van der Waals surface area (Å²) in [5.74, 6) is -0.302. The van der Waals surface area contributed by atoms with Gasteiger partial charge in [-0.25, -0.2) is 4.98 Å². The van der Waals surface area contributed by atoms with E-state index >= 15 is 0 Å². The zero-order chi connectivity index (χ0) is 29.7. The molecule has 1 aliphatic carbocycles. The Bertz CT molecular complexity index is 2130. The SMILES string of the molecule is CNC(=O)c1c(-c2ccc(C)cc2)oc2ccc(-n3cc(C(=O)NC4(c5ccc6cnccc6n5)CC4)ncc3=O)cc12. The summed E-state index contributed by atoms with van der Waals surface area (Å²) < 4.78 is 7.47. The second-order valence-electron chi connectivity index (χ2n) is 10.7. The van der Waals surface area contributed by atoms with E-state index in [2.05, 4.69) is 20.6 Å². The van der Waals surface area contributed by atoms with Gasteiger partial charge < -0.3 is 15.1 Å². The summed E-state index contributed by atoms with van der Waals surface area (Å²) in [6.07, 6.45) is 7.45. The van der Waals surface area contributed by atoms with E-state index in [0.29, 0.717) is 28.0 Å². The van der Waals surface area contributed by atoms with Crippen LogP contribution >= 0.6 is 0 Å². The van der Waals surface area contributed by atoms with Crippen LogP contribution in [0.25, 0.3) is 38.9 Å². The van der Waals surface area contributed by atoms with Crippen LogP contribution in [0.4, 0.5) is 0 Å². The van der Waals surface area contributed by atoms with Gasteiger partial charge in [0.2, 0.25) is 0 Å². The van der Waals surface area contributed by atoms with Gasteiger partial charge in [0.25, 0.3) is 17.4 Å². The molecule has 0 atom stereocenters. The molecule has 0 unspecified atom stereocenters. The minimum atomic E-state index is -0.596. The van der Waals surface area contributed by atoms with Gasteiger partial charge in [-0.2, -0.15) is 0 Å². The lowest BCUT2D eigenvalue weighted by Gasteiger charge is -2.17. The van der Waals surface area contributed by atoms with Crippen molar-refractivity contribution in [2.45, 2.75) is 25.3 Å². The van der Waals surface area contributed by atoms with Crippen molar-refractivity contribution >= 4 is 33.7 Å². The maximum Gasteiger partial charge on any atom is 0.273 e. The fraction of sp³-hybridized carbons (Fsp3) is 0.152. The molecule has 4 aromatic heterocycles. The Kier molecular flexibility index (Phi) is 6.12. The van der Waals surface area contributed by atoms with Gasteiger partial charge in [0, 0.05) is 47.7 Å². The average Bonchev–Trinajstić information content (AvgIpc) is 3.72. The third-order valence-corrected chi connectivity index (χ3v) is 7.84. The Balaban J connectivity index is 1.24. The van der Waals surface area contributed by atoms with Crippen molar-refractivity contribution in [1.82, 2.24) is 30.2 Å². The topological polar surface area (TPSA) is 132 Å². The predicted octanol–water partition coefficient (Wildman–Crippen LogP) is 4.68. The summed E-state index contributed by atoms with van der Waals surface area (Å²) in [4.78, 5) is 52.4. The molecule has 10 nitrogen and oxygen atoms in total. The summed E-state index contributed by atoms with van der Waals surface area (Å²) in [5.41, 5.74) is 3.78. The maximum absolute atomic E-state index is 13.4. The molecule has 1 fully saturated rings. The van der Waals surface area contributed by atoms with Gasteiger partial charge in [-0.05, 0) is 56.2 Å². The van der Waals surface area contributed by atoms with Gasteiger partial charge in [-0.1, -0.05) is 29.8 Å². The van der Waals surface area contributed by atoms with Gasteiger partial charge in [-0.15, -0.1) is 0 Å². The summed E-state index contributed by atoms with van der Waals surface area (Å²) in [5, 5.41) is 7.23. The largest absolute Gasteiger partial charge is 0.455 e. The molecule has 1 aliphatic rings. The van der Waals surface area contributed by atoms with Crippen LogP contribution < -0.4 is 16.2 Å². The quantitative estimate of drug-likeness (QED) is 0.297. The molecule has 0 spiro atoms. The molecule has 1 saturated carbocycles. The van der Waals surface area contributed by atoms with E-state index in [-0.39, 0.29) is 11.6 Å². The minimum Gasteiger partial charge on any atom is -0.455 e. The molecule has 43 heavy (non-hydrogen) atoms. The molecule has 0 saturated heterocycles. The zero-order valence-electron chi connectivity index (χ0n) is 23.4. The number of hydrogen-bond donors (Lipinski definition) is 2.